The molecule has 1 aromatic heterocycles. The molecule has 8 heteroatoms. The number of nitrogens with one attached hydrogen (secondary N) is 1. The van der Waals surface area contributed by atoms with Crippen molar-refractivity contribution >= 4 is 52.4 Å². The highest BCUT2D eigenvalue weighted by Crippen LogP contribution is 2.25. The van der Waals surface area contributed by atoms with Gasteiger partial charge in [-0.3, -0.25) is 9.59 Å². The van der Waals surface area contributed by atoms with Gasteiger partial charge in [-0.1, -0.05) is 34.8 Å². The van der Waals surface area contributed by atoms with E-state index >= 15 is 0 Å². The average molecular weight is 413 g/mol. The number of aromatic nitrogens is 1. The molecule has 1 aromatic carbocycles. The highest BCUT2D eigenvalue weighted by Gasteiger charge is 2.29. The van der Waals surface area contributed by atoms with Crippen LogP contribution >= 0.6 is 34.8 Å². The quantitative estimate of drug-likeness (QED) is 0.805. The molecule has 2 amide bonds. The second kappa shape index (κ2) is 8.25. The number of halogens is 3. The lowest BCUT2D eigenvalue weighted by atomic mass is 9.96. The van der Waals surface area contributed by atoms with E-state index in [0.29, 0.717) is 46.0 Å². The summed E-state index contributed by atoms with van der Waals surface area (Å²) in [7, 11) is 0. The number of carbonyl (C=O) groups excluding carboxylic acids is 2. The van der Waals surface area contributed by atoms with Crippen molar-refractivity contribution in [2.24, 2.45) is 5.92 Å². The van der Waals surface area contributed by atoms with Crippen LogP contribution in [0.25, 0.3) is 0 Å². The van der Waals surface area contributed by atoms with E-state index in [9.17, 15) is 9.59 Å². The predicted molar refractivity (Wildman–Crippen MR) is 103 cm³/mol. The third-order valence-corrected chi connectivity index (χ3v) is 4.99. The molecule has 2 aromatic rings. The Balaban J connectivity index is 1.67. The molecule has 0 aliphatic carbocycles. The lowest BCUT2D eigenvalue weighted by Gasteiger charge is -2.32. The Kier molecular flexibility index (Phi) is 6.01. The van der Waals surface area contributed by atoms with Crippen LogP contribution in [0.1, 0.15) is 23.2 Å². The topological polar surface area (TPSA) is 62.3 Å². The van der Waals surface area contributed by atoms with Crippen LogP contribution in [0.2, 0.25) is 15.1 Å². The molecule has 1 aliphatic rings. The summed E-state index contributed by atoms with van der Waals surface area (Å²) in [5, 5.41) is 4.04. The number of nitrogens with zero attached hydrogens (tertiary/aromatic N) is 2. The minimum Gasteiger partial charge on any atom is -0.338 e. The Morgan fingerprint density at radius 1 is 1.12 bits per heavy atom. The Labute approximate surface area is 166 Å². The van der Waals surface area contributed by atoms with E-state index < -0.39 is 0 Å². The number of hydrogen-bond donors (Lipinski definition) is 1. The van der Waals surface area contributed by atoms with Crippen LogP contribution < -0.4 is 5.32 Å². The van der Waals surface area contributed by atoms with Crippen molar-refractivity contribution in [3.05, 3.63) is 57.2 Å². The number of carbonyl (C=O) groups is 2. The number of likely N-dealkylation sites (tertiary alicyclic amines) is 1. The fourth-order valence-corrected chi connectivity index (χ4v) is 3.49. The average Bonchev–Trinajstić information content (AvgIpc) is 2.63. The molecular weight excluding hydrogens is 397 g/mol. The first-order chi connectivity index (χ1) is 12.4. The van der Waals surface area contributed by atoms with Crippen molar-refractivity contribution in [2.45, 2.75) is 12.8 Å². The van der Waals surface area contributed by atoms with Crippen molar-refractivity contribution in [2.75, 3.05) is 18.4 Å². The Morgan fingerprint density at radius 3 is 2.58 bits per heavy atom. The molecule has 1 unspecified atom stereocenters. The maximum absolute atomic E-state index is 12.7. The standard InChI is InChI=1S/C18H16Cl3N3O2/c19-12-3-5-14(15(21)8-12)18(26)24-7-1-2-11(10-24)17(25)23-16-6-4-13(20)9-22-16/h3-6,8-9,11H,1-2,7,10H2,(H,22,23,25). The summed E-state index contributed by atoms with van der Waals surface area (Å²) in [6, 6.07) is 8.06. The highest BCUT2D eigenvalue weighted by molar-refractivity contribution is 6.36. The zero-order valence-corrected chi connectivity index (χ0v) is 16.0. The van der Waals surface area contributed by atoms with Crippen LogP contribution in [0.5, 0.6) is 0 Å². The number of pyridine rings is 1. The SMILES string of the molecule is O=C(Nc1ccc(Cl)cn1)C1CCCN(C(=O)c2ccc(Cl)cc2Cl)C1. The van der Waals surface area contributed by atoms with Gasteiger partial charge < -0.3 is 10.2 Å². The van der Waals surface area contributed by atoms with E-state index in [-0.39, 0.29) is 17.7 Å². The van der Waals surface area contributed by atoms with Crippen LogP contribution in [0, 0.1) is 5.92 Å². The lowest BCUT2D eigenvalue weighted by molar-refractivity contribution is -0.121. The monoisotopic (exact) mass is 411 g/mol. The van der Waals surface area contributed by atoms with Crippen molar-refractivity contribution in [3.63, 3.8) is 0 Å². The van der Waals surface area contributed by atoms with Gasteiger partial charge in [0.1, 0.15) is 5.82 Å². The first kappa shape index (κ1) is 19.0. The van der Waals surface area contributed by atoms with E-state index in [1.165, 1.54) is 12.3 Å². The maximum Gasteiger partial charge on any atom is 0.255 e. The largest absolute Gasteiger partial charge is 0.338 e. The van der Waals surface area contributed by atoms with Crippen molar-refractivity contribution in [3.8, 4) is 0 Å². The van der Waals surface area contributed by atoms with Gasteiger partial charge >= 0.3 is 0 Å². The summed E-state index contributed by atoms with van der Waals surface area (Å²) in [4.78, 5) is 30.9. The molecule has 0 bridgehead atoms. The molecule has 0 saturated carbocycles. The smallest absolute Gasteiger partial charge is 0.255 e. The molecular formula is C18H16Cl3N3O2. The van der Waals surface area contributed by atoms with Gasteiger partial charge in [0.05, 0.1) is 21.5 Å². The number of piperidine rings is 1. The van der Waals surface area contributed by atoms with Crippen molar-refractivity contribution in [1.82, 2.24) is 9.88 Å². The summed E-state index contributed by atoms with van der Waals surface area (Å²) in [5.74, 6) is -0.242. The molecule has 1 N–H and O–H groups in total. The molecule has 26 heavy (non-hydrogen) atoms. The van der Waals surface area contributed by atoms with Crippen LogP contribution in [0.3, 0.4) is 0 Å². The van der Waals surface area contributed by atoms with Crippen LogP contribution in [0.15, 0.2) is 36.5 Å². The number of anilines is 1. The number of hydrogen-bond acceptors (Lipinski definition) is 3. The zero-order chi connectivity index (χ0) is 18.7. The van der Waals surface area contributed by atoms with E-state index in [1.807, 2.05) is 0 Å². The van der Waals surface area contributed by atoms with Gasteiger partial charge in [0.2, 0.25) is 5.91 Å². The van der Waals surface area contributed by atoms with Gasteiger partial charge in [-0.2, -0.15) is 0 Å². The molecule has 1 aliphatic heterocycles. The summed E-state index contributed by atoms with van der Waals surface area (Å²) in [6.45, 7) is 0.915. The lowest BCUT2D eigenvalue weighted by Crippen LogP contribution is -2.43. The summed E-state index contributed by atoms with van der Waals surface area (Å²) in [6.07, 6.45) is 2.91. The fourth-order valence-electron chi connectivity index (χ4n) is 2.89. The first-order valence-corrected chi connectivity index (χ1v) is 9.24. The van der Waals surface area contributed by atoms with Gasteiger partial charge in [0.15, 0.2) is 0 Å². The normalized spacial score (nSPS) is 17.0. The summed E-state index contributed by atoms with van der Waals surface area (Å²) in [5.41, 5.74) is 0.386. The van der Waals surface area contributed by atoms with Gasteiger partial charge in [0.25, 0.3) is 5.91 Å². The second-order valence-electron chi connectivity index (χ2n) is 6.07. The van der Waals surface area contributed by atoms with E-state index in [4.69, 9.17) is 34.8 Å². The van der Waals surface area contributed by atoms with Crippen LogP contribution in [0.4, 0.5) is 5.82 Å². The highest BCUT2D eigenvalue weighted by atomic mass is 35.5. The van der Waals surface area contributed by atoms with Gasteiger partial charge in [-0.15, -0.1) is 0 Å². The van der Waals surface area contributed by atoms with Gasteiger partial charge in [0, 0.05) is 24.3 Å². The Morgan fingerprint density at radius 2 is 1.88 bits per heavy atom. The number of rotatable bonds is 3. The summed E-state index contributed by atoms with van der Waals surface area (Å²) >= 11 is 17.8. The van der Waals surface area contributed by atoms with E-state index in [0.717, 1.165) is 6.42 Å². The summed E-state index contributed by atoms with van der Waals surface area (Å²) < 4.78 is 0. The van der Waals surface area contributed by atoms with Crippen LogP contribution in [-0.2, 0) is 4.79 Å². The van der Waals surface area contributed by atoms with Gasteiger partial charge in [-0.05, 0) is 43.2 Å². The molecule has 136 valence electrons. The van der Waals surface area contributed by atoms with Crippen LogP contribution in [-0.4, -0.2) is 34.8 Å². The molecule has 2 heterocycles. The second-order valence-corrected chi connectivity index (χ2v) is 7.35. The Hall–Kier alpha value is -1.82. The van der Waals surface area contributed by atoms with E-state index in [1.54, 1.807) is 29.2 Å². The fraction of sp³-hybridized carbons (Fsp3) is 0.278. The molecule has 1 atom stereocenters. The zero-order valence-electron chi connectivity index (χ0n) is 13.7. The molecule has 5 nitrogen and oxygen atoms in total. The molecule has 0 radical (unpaired) electrons. The maximum atomic E-state index is 12.7. The van der Waals surface area contributed by atoms with Crippen molar-refractivity contribution < 1.29 is 9.59 Å². The predicted octanol–water partition coefficient (Wildman–Crippen LogP) is 4.53. The Bertz CT molecular complexity index is 827. The minimum absolute atomic E-state index is 0.167. The minimum atomic E-state index is -0.309. The third-order valence-electron chi connectivity index (χ3n) is 4.22. The third kappa shape index (κ3) is 4.47. The molecule has 0 spiro atoms. The first-order valence-electron chi connectivity index (χ1n) is 8.11. The number of benzene rings is 1. The molecule has 1 fully saturated rings. The molecule has 3 rings (SSSR count). The van der Waals surface area contributed by atoms with Crippen molar-refractivity contribution in [1.29, 1.82) is 0 Å². The molecule has 1 saturated heterocycles. The number of amides is 2. The van der Waals surface area contributed by atoms with Gasteiger partial charge in [-0.25, -0.2) is 4.98 Å². The van der Waals surface area contributed by atoms with E-state index in [2.05, 4.69) is 10.3 Å².